The molecule has 0 bridgehead atoms. The fourth-order valence-electron chi connectivity index (χ4n) is 0.601. The molecule has 0 amide bonds. The van der Waals surface area contributed by atoms with Crippen LogP contribution in [-0.4, -0.2) is 49.7 Å². The largest absolute Gasteiger partial charge is 0.314 e. The molecule has 0 aliphatic rings. The minimum atomic E-state index is -0.867. The lowest BCUT2D eigenvalue weighted by Crippen LogP contribution is -2.63. The van der Waals surface area contributed by atoms with Crippen LogP contribution in [0.25, 0.3) is 0 Å². The highest BCUT2D eigenvalue weighted by atomic mass is 16.6. The summed E-state index contributed by atoms with van der Waals surface area (Å²) >= 11 is 0. The zero-order chi connectivity index (χ0) is 10.9. The van der Waals surface area contributed by atoms with Gasteiger partial charge in [0.15, 0.2) is 11.7 Å². The number of rotatable bonds is 4. The molecular weight excluding hydrogens is 168 g/mol. The Morgan fingerprint density at radius 3 is 1.23 bits per heavy atom. The van der Waals surface area contributed by atoms with Crippen LogP contribution in [0.4, 0.5) is 0 Å². The highest BCUT2D eigenvalue weighted by Gasteiger charge is 2.33. The molecular formula is C8H22N4O. The molecule has 0 spiro atoms. The topological polar surface area (TPSA) is 67.7 Å². The standard InChI is InChI=1S/C8H22N4O/c1-7(9,11(3)4)13-8(2,10)12(5)6/h9-10H2,1-6H3. The maximum absolute atomic E-state index is 5.88. The summed E-state index contributed by atoms with van der Waals surface area (Å²) in [4.78, 5) is 3.53. The van der Waals surface area contributed by atoms with E-state index < -0.39 is 11.7 Å². The number of hydrogen-bond acceptors (Lipinski definition) is 5. The minimum absolute atomic E-state index is 0.867. The van der Waals surface area contributed by atoms with E-state index in [4.69, 9.17) is 16.2 Å². The van der Waals surface area contributed by atoms with Gasteiger partial charge >= 0.3 is 0 Å². The van der Waals surface area contributed by atoms with Crippen molar-refractivity contribution in [2.45, 2.75) is 25.5 Å². The quantitative estimate of drug-likeness (QED) is 0.579. The van der Waals surface area contributed by atoms with Crippen LogP contribution in [0.5, 0.6) is 0 Å². The Bertz CT molecular complexity index is 148. The van der Waals surface area contributed by atoms with E-state index in [0.717, 1.165) is 0 Å². The molecule has 0 aliphatic carbocycles. The summed E-state index contributed by atoms with van der Waals surface area (Å²) in [6.07, 6.45) is 0. The van der Waals surface area contributed by atoms with Gasteiger partial charge in [-0.3, -0.25) is 21.3 Å². The lowest BCUT2D eigenvalue weighted by Gasteiger charge is -2.42. The summed E-state index contributed by atoms with van der Waals surface area (Å²) < 4.78 is 5.56. The van der Waals surface area contributed by atoms with Gasteiger partial charge in [-0.1, -0.05) is 0 Å². The van der Waals surface area contributed by atoms with Crippen LogP contribution in [0.1, 0.15) is 13.8 Å². The minimum Gasteiger partial charge on any atom is -0.314 e. The van der Waals surface area contributed by atoms with Gasteiger partial charge in [0.1, 0.15) is 0 Å². The average molecular weight is 190 g/mol. The summed E-state index contributed by atoms with van der Waals surface area (Å²) in [6, 6.07) is 0. The Morgan fingerprint density at radius 2 is 1.08 bits per heavy atom. The van der Waals surface area contributed by atoms with Crippen molar-refractivity contribution < 1.29 is 4.74 Å². The monoisotopic (exact) mass is 190 g/mol. The van der Waals surface area contributed by atoms with Crippen molar-refractivity contribution in [3.05, 3.63) is 0 Å². The van der Waals surface area contributed by atoms with Crippen LogP contribution in [0, 0.1) is 0 Å². The lowest BCUT2D eigenvalue weighted by molar-refractivity contribution is -0.242. The van der Waals surface area contributed by atoms with E-state index in [2.05, 4.69) is 0 Å². The van der Waals surface area contributed by atoms with Gasteiger partial charge in [0, 0.05) is 0 Å². The maximum Gasteiger partial charge on any atom is 0.174 e. The van der Waals surface area contributed by atoms with Gasteiger partial charge in [-0.05, 0) is 42.0 Å². The number of ether oxygens (including phenoxy) is 1. The molecule has 0 fully saturated rings. The number of hydrogen-bond donors (Lipinski definition) is 2. The summed E-state index contributed by atoms with van der Waals surface area (Å²) in [7, 11) is 7.36. The predicted octanol–water partition coefficient (Wildman–Crippen LogP) is -0.609. The van der Waals surface area contributed by atoms with E-state index in [1.54, 1.807) is 23.6 Å². The van der Waals surface area contributed by atoms with Crippen LogP contribution < -0.4 is 11.5 Å². The number of nitrogens with two attached hydrogens (primary N) is 2. The summed E-state index contributed by atoms with van der Waals surface area (Å²) in [5.74, 6) is -1.73. The normalized spacial score (nSPS) is 21.7. The SMILES string of the molecule is CN(C)C(C)(N)OC(C)(N)N(C)C. The van der Waals surface area contributed by atoms with Gasteiger partial charge in [-0.15, -0.1) is 0 Å². The molecule has 4 N–H and O–H groups in total. The smallest absolute Gasteiger partial charge is 0.174 e. The van der Waals surface area contributed by atoms with Gasteiger partial charge in [0.05, 0.1) is 0 Å². The Labute approximate surface area is 80.6 Å². The van der Waals surface area contributed by atoms with E-state index in [1.165, 1.54) is 0 Å². The average Bonchev–Trinajstić information content (AvgIpc) is 1.83. The molecule has 0 saturated carbocycles. The second-order valence-electron chi connectivity index (χ2n) is 4.00. The highest BCUT2D eigenvalue weighted by molar-refractivity contribution is 4.70. The third-order valence-electron chi connectivity index (χ3n) is 2.19. The number of nitrogens with zero attached hydrogens (tertiary/aromatic N) is 2. The first-order valence-electron chi connectivity index (χ1n) is 4.22. The van der Waals surface area contributed by atoms with Crippen molar-refractivity contribution in [1.82, 2.24) is 9.80 Å². The van der Waals surface area contributed by atoms with Crippen molar-refractivity contribution in [1.29, 1.82) is 0 Å². The molecule has 0 rings (SSSR count). The molecule has 0 aliphatic heterocycles. The van der Waals surface area contributed by atoms with Crippen molar-refractivity contribution in [3.8, 4) is 0 Å². The third-order valence-corrected chi connectivity index (χ3v) is 2.19. The van der Waals surface area contributed by atoms with Crippen molar-refractivity contribution in [3.63, 3.8) is 0 Å². The van der Waals surface area contributed by atoms with Crippen molar-refractivity contribution in [2.75, 3.05) is 28.2 Å². The van der Waals surface area contributed by atoms with Crippen molar-refractivity contribution >= 4 is 0 Å². The summed E-state index contributed by atoms with van der Waals surface area (Å²) in [5, 5.41) is 0. The zero-order valence-electron chi connectivity index (χ0n) is 9.46. The molecule has 0 aromatic heterocycles. The molecule has 0 aromatic rings. The first kappa shape index (κ1) is 12.8. The van der Waals surface area contributed by atoms with Crippen LogP contribution >= 0.6 is 0 Å². The molecule has 80 valence electrons. The van der Waals surface area contributed by atoms with E-state index in [1.807, 2.05) is 28.2 Å². The molecule has 0 saturated heterocycles. The van der Waals surface area contributed by atoms with Gasteiger partial charge in [0.25, 0.3) is 0 Å². The first-order valence-corrected chi connectivity index (χ1v) is 4.22. The fourth-order valence-corrected chi connectivity index (χ4v) is 0.601. The molecule has 5 nitrogen and oxygen atoms in total. The van der Waals surface area contributed by atoms with Crippen LogP contribution in [-0.2, 0) is 4.74 Å². The molecule has 5 heteroatoms. The highest BCUT2D eigenvalue weighted by Crippen LogP contribution is 2.15. The second kappa shape index (κ2) is 3.89. The molecule has 13 heavy (non-hydrogen) atoms. The van der Waals surface area contributed by atoms with E-state index >= 15 is 0 Å². The Balaban J connectivity index is 4.42. The van der Waals surface area contributed by atoms with Gasteiger partial charge < -0.3 is 4.74 Å². The van der Waals surface area contributed by atoms with Gasteiger partial charge in [-0.25, -0.2) is 0 Å². The molecule has 0 aromatic carbocycles. The zero-order valence-corrected chi connectivity index (χ0v) is 9.46. The Kier molecular flexibility index (Phi) is 3.83. The van der Waals surface area contributed by atoms with Crippen molar-refractivity contribution in [2.24, 2.45) is 11.5 Å². The molecule has 0 heterocycles. The molecule has 0 radical (unpaired) electrons. The second-order valence-corrected chi connectivity index (χ2v) is 4.00. The maximum atomic E-state index is 5.88. The van der Waals surface area contributed by atoms with Gasteiger partial charge in [0.2, 0.25) is 0 Å². The van der Waals surface area contributed by atoms with Crippen LogP contribution in [0.3, 0.4) is 0 Å². The Hall–Kier alpha value is -0.200. The van der Waals surface area contributed by atoms with Gasteiger partial charge in [-0.2, -0.15) is 0 Å². The third kappa shape index (κ3) is 3.58. The Morgan fingerprint density at radius 1 is 0.846 bits per heavy atom. The van der Waals surface area contributed by atoms with Crippen LogP contribution in [0.15, 0.2) is 0 Å². The first-order chi connectivity index (χ1) is 5.59. The lowest BCUT2D eigenvalue weighted by atomic mass is 10.4. The van der Waals surface area contributed by atoms with Crippen LogP contribution in [0.2, 0.25) is 0 Å². The summed E-state index contributed by atoms with van der Waals surface area (Å²) in [6.45, 7) is 3.53. The molecule has 2 unspecified atom stereocenters. The predicted molar refractivity (Wildman–Crippen MR) is 53.6 cm³/mol. The summed E-state index contributed by atoms with van der Waals surface area (Å²) in [5.41, 5.74) is 11.8. The van der Waals surface area contributed by atoms with E-state index in [0.29, 0.717) is 0 Å². The molecule has 2 atom stereocenters. The van der Waals surface area contributed by atoms with E-state index in [-0.39, 0.29) is 0 Å². The van der Waals surface area contributed by atoms with E-state index in [9.17, 15) is 0 Å². The fraction of sp³-hybridized carbons (Fsp3) is 1.00.